The number of para-hydroxylation sites is 1. The van der Waals surface area contributed by atoms with Gasteiger partial charge in [0.1, 0.15) is 11.8 Å². The monoisotopic (exact) mass is 547 g/mol. The number of anilines is 1. The second kappa shape index (κ2) is 14.1. The molecular formula is C33H49N5O2. The molecule has 1 aromatic carbocycles. The third kappa shape index (κ3) is 7.05. The van der Waals surface area contributed by atoms with Crippen molar-refractivity contribution in [3.63, 3.8) is 0 Å². The minimum absolute atomic E-state index is 0.165. The number of carbonyl (C=O) groups is 1. The van der Waals surface area contributed by atoms with Crippen molar-refractivity contribution in [1.82, 2.24) is 19.8 Å². The van der Waals surface area contributed by atoms with E-state index in [-0.39, 0.29) is 12.2 Å². The molecule has 0 radical (unpaired) electrons. The lowest BCUT2D eigenvalue weighted by Gasteiger charge is -2.28. The molecule has 40 heavy (non-hydrogen) atoms. The van der Waals surface area contributed by atoms with E-state index in [0.29, 0.717) is 31.0 Å². The summed E-state index contributed by atoms with van der Waals surface area (Å²) in [5.74, 6) is 0.965. The molecule has 1 aliphatic rings. The van der Waals surface area contributed by atoms with Gasteiger partial charge >= 0.3 is 6.03 Å². The van der Waals surface area contributed by atoms with Crippen molar-refractivity contribution in [3.8, 4) is 0 Å². The second-order valence-electron chi connectivity index (χ2n) is 11.7. The Morgan fingerprint density at radius 3 is 2.35 bits per heavy atom. The molecule has 7 heteroatoms. The average molecular weight is 548 g/mol. The maximum absolute atomic E-state index is 13.7. The first kappa shape index (κ1) is 30.1. The lowest BCUT2D eigenvalue weighted by Crippen LogP contribution is -2.39. The van der Waals surface area contributed by atoms with Crippen LogP contribution in [0.1, 0.15) is 102 Å². The van der Waals surface area contributed by atoms with Crippen LogP contribution in [0.25, 0.3) is 11.0 Å². The van der Waals surface area contributed by atoms with Gasteiger partial charge in [-0.3, -0.25) is 0 Å². The fourth-order valence-corrected chi connectivity index (χ4v) is 6.06. The first-order chi connectivity index (χ1) is 19.3. The molecule has 7 nitrogen and oxygen atoms in total. The van der Waals surface area contributed by atoms with Gasteiger partial charge in [-0.25, -0.2) is 9.78 Å². The molecule has 2 amide bonds. The first-order valence-corrected chi connectivity index (χ1v) is 15.3. The van der Waals surface area contributed by atoms with E-state index in [1.54, 1.807) is 0 Å². The summed E-state index contributed by atoms with van der Waals surface area (Å²) in [4.78, 5) is 20.8. The summed E-state index contributed by atoms with van der Waals surface area (Å²) in [7, 11) is 0. The van der Waals surface area contributed by atoms with Gasteiger partial charge in [0.05, 0.1) is 13.2 Å². The van der Waals surface area contributed by atoms with Crippen molar-refractivity contribution in [1.29, 1.82) is 0 Å². The Morgan fingerprint density at radius 2 is 1.73 bits per heavy atom. The van der Waals surface area contributed by atoms with Gasteiger partial charge in [0, 0.05) is 35.6 Å². The fraction of sp³-hybridized carbons (Fsp3) is 0.576. The van der Waals surface area contributed by atoms with E-state index in [1.165, 1.54) is 12.8 Å². The van der Waals surface area contributed by atoms with Gasteiger partial charge in [-0.1, -0.05) is 72.6 Å². The molecule has 2 N–H and O–H groups in total. The summed E-state index contributed by atoms with van der Waals surface area (Å²) < 4.78 is 8.32. The van der Waals surface area contributed by atoms with Crippen LogP contribution in [-0.4, -0.2) is 46.7 Å². The number of benzene rings is 1. The zero-order valence-electron chi connectivity index (χ0n) is 25.4. The third-order valence-corrected chi connectivity index (χ3v) is 8.41. The van der Waals surface area contributed by atoms with Crippen molar-refractivity contribution >= 4 is 22.8 Å². The van der Waals surface area contributed by atoms with Crippen molar-refractivity contribution in [2.75, 3.05) is 31.6 Å². The highest BCUT2D eigenvalue weighted by Crippen LogP contribution is 2.36. The van der Waals surface area contributed by atoms with E-state index in [0.717, 1.165) is 65.9 Å². The summed E-state index contributed by atoms with van der Waals surface area (Å²) >= 11 is 0. The Bertz CT molecular complexity index is 1210. The molecule has 2 aromatic heterocycles. The van der Waals surface area contributed by atoms with Gasteiger partial charge in [-0.15, -0.1) is 0 Å². The Kier molecular flexibility index (Phi) is 10.6. The number of urea groups is 1. The van der Waals surface area contributed by atoms with E-state index < -0.39 is 0 Å². The standard InChI is InChI=1S/C33H49N5O2/c1-7-37(8-2)19-20-40-22-26-21-38(32-29(26)17-12-18-34-32)31(25-13-9-10-14-25)36-33(39)35-30-27(23(3)4)15-11-16-28(30)24(5)6/h11-12,15-18,21,23-25,31H,7-10,13-14,19-20,22H2,1-6H3,(H2,35,36,39). The van der Waals surface area contributed by atoms with Crippen LogP contribution in [0.5, 0.6) is 0 Å². The highest BCUT2D eigenvalue weighted by Gasteiger charge is 2.30. The van der Waals surface area contributed by atoms with Crippen LogP contribution in [-0.2, 0) is 11.3 Å². The molecule has 0 spiro atoms. The number of hydrogen-bond donors (Lipinski definition) is 2. The predicted octanol–water partition coefficient (Wildman–Crippen LogP) is 7.65. The van der Waals surface area contributed by atoms with Crippen molar-refractivity contribution in [2.45, 2.75) is 91.8 Å². The third-order valence-electron chi connectivity index (χ3n) is 8.41. The number of pyridine rings is 1. The Hall–Kier alpha value is -2.90. The molecule has 1 saturated carbocycles. The highest BCUT2D eigenvalue weighted by atomic mass is 16.5. The first-order valence-electron chi connectivity index (χ1n) is 15.3. The van der Waals surface area contributed by atoms with Gasteiger partial charge in [-0.2, -0.15) is 0 Å². The topological polar surface area (TPSA) is 71.4 Å². The van der Waals surface area contributed by atoms with Crippen LogP contribution in [0.3, 0.4) is 0 Å². The van der Waals surface area contributed by atoms with Crippen molar-refractivity contribution in [2.24, 2.45) is 5.92 Å². The molecule has 1 atom stereocenters. The SMILES string of the molecule is CCN(CC)CCOCc1cn(C(NC(=O)Nc2c(C(C)C)cccc2C(C)C)C2CCCC2)c2ncccc12. The minimum atomic E-state index is -0.182. The molecule has 0 bridgehead atoms. The van der Waals surface area contributed by atoms with Gasteiger partial charge < -0.3 is 24.8 Å². The number of fused-ring (bicyclic) bond motifs is 1. The number of carbonyl (C=O) groups excluding carboxylic acids is 1. The van der Waals surface area contributed by atoms with E-state index in [4.69, 9.17) is 9.72 Å². The van der Waals surface area contributed by atoms with Crippen LogP contribution in [0.4, 0.5) is 10.5 Å². The number of amides is 2. The quantitative estimate of drug-likeness (QED) is 0.216. The summed E-state index contributed by atoms with van der Waals surface area (Å²) in [5.41, 5.74) is 5.27. The molecule has 3 aromatic rings. The zero-order chi connectivity index (χ0) is 28.6. The van der Waals surface area contributed by atoms with E-state index in [2.05, 4.69) is 92.1 Å². The van der Waals surface area contributed by atoms with E-state index >= 15 is 0 Å². The molecule has 2 heterocycles. The highest BCUT2D eigenvalue weighted by molar-refractivity contribution is 5.91. The van der Waals surface area contributed by atoms with Crippen molar-refractivity contribution in [3.05, 3.63) is 59.4 Å². The Morgan fingerprint density at radius 1 is 1.05 bits per heavy atom. The molecule has 1 unspecified atom stereocenters. The number of nitrogens with zero attached hydrogens (tertiary/aromatic N) is 3. The predicted molar refractivity (Wildman–Crippen MR) is 165 cm³/mol. The maximum atomic E-state index is 13.7. The normalized spacial score (nSPS) is 15.0. The fourth-order valence-electron chi connectivity index (χ4n) is 6.06. The van der Waals surface area contributed by atoms with Crippen LogP contribution < -0.4 is 10.6 Å². The summed E-state index contributed by atoms with van der Waals surface area (Å²) in [6, 6.07) is 10.3. The molecule has 0 aliphatic heterocycles. The van der Waals surface area contributed by atoms with Crippen LogP contribution in [0, 0.1) is 5.92 Å². The van der Waals surface area contributed by atoms with Gasteiger partial charge in [0.2, 0.25) is 0 Å². The molecule has 1 aliphatic carbocycles. The summed E-state index contributed by atoms with van der Waals surface area (Å²) in [6.07, 6.45) is 8.36. The molecule has 1 fully saturated rings. The zero-order valence-corrected chi connectivity index (χ0v) is 25.4. The number of rotatable bonds is 13. The van der Waals surface area contributed by atoms with Crippen LogP contribution >= 0.6 is 0 Å². The smallest absolute Gasteiger partial charge is 0.320 e. The number of likely N-dealkylation sites (N-methyl/N-ethyl adjacent to an activating group) is 1. The Balaban J connectivity index is 1.59. The van der Waals surface area contributed by atoms with Gasteiger partial charge in [0.15, 0.2) is 0 Å². The molecule has 0 saturated heterocycles. The van der Waals surface area contributed by atoms with E-state index in [1.807, 2.05) is 12.3 Å². The number of aromatic nitrogens is 2. The maximum Gasteiger partial charge on any atom is 0.320 e. The largest absolute Gasteiger partial charge is 0.375 e. The lowest BCUT2D eigenvalue weighted by atomic mass is 9.93. The lowest BCUT2D eigenvalue weighted by molar-refractivity contribution is 0.0961. The van der Waals surface area contributed by atoms with Crippen LogP contribution in [0.2, 0.25) is 0 Å². The Labute approximate surface area is 240 Å². The van der Waals surface area contributed by atoms with Gasteiger partial charge in [-0.05, 0) is 66.9 Å². The minimum Gasteiger partial charge on any atom is -0.375 e. The number of hydrogen-bond acceptors (Lipinski definition) is 4. The molecule has 4 rings (SSSR count). The molecule has 218 valence electrons. The molecular weight excluding hydrogens is 498 g/mol. The summed E-state index contributed by atoms with van der Waals surface area (Å²) in [6.45, 7) is 17.3. The van der Waals surface area contributed by atoms with Crippen LogP contribution in [0.15, 0.2) is 42.7 Å². The van der Waals surface area contributed by atoms with Gasteiger partial charge in [0.25, 0.3) is 0 Å². The average Bonchev–Trinajstić information content (AvgIpc) is 3.61. The second-order valence-corrected chi connectivity index (χ2v) is 11.7. The van der Waals surface area contributed by atoms with E-state index in [9.17, 15) is 4.79 Å². The number of nitrogens with one attached hydrogen (secondary N) is 2. The number of ether oxygens (including phenoxy) is 1. The van der Waals surface area contributed by atoms with Crippen molar-refractivity contribution < 1.29 is 9.53 Å². The summed E-state index contributed by atoms with van der Waals surface area (Å²) in [5, 5.41) is 7.74.